The van der Waals surface area contributed by atoms with E-state index in [0.29, 0.717) is 5.82 Å². The molecule has 0 bridgehead atoms. The number of nitrogen functional groups attached to an aromatic ring is 1. The summed E-state index contributed by atoms with van der Waals surface area (Å²) in [5, 5.41) is 15.8. The van der Waals surface area contributed by atoms with Crippen LogP contribution in [0.4, 0.5) is 22.3 Å². The smallest absolute Gasteiger partial charge is 0.189 e. The van der Waals surface area contributed by atoms with Gasteiger partial charge in [0.2, 0.25) is 0 Å². The number of nitrogens with two attached hydrogens (primary N) is 1. The van der Waals surface area contributed by atoms with Crippen molar-refractivity contribution in [2.75, 3.05) is 55.3 Å². The zero-order valence-electron chi connectivity index (χ0n) is 12.3. The highest BCUT2D eigenvalue weighted by atomic mass is 32.1. The Labute approximate surface area is 134 Å². The minimum atomic E-state index is 0.235. The van der Waals surface area contributed by atoms with Crippen LogP contribution in [0.2, 0.25) is 0 Å². The lowest BCUT2D eigenvalue weighted by atomic mass is 10.2. The third-order valence-electron chi connectivity index (χ3n) is 3.75. The summed E-state index contributed by atoms with van der Waals surface area (Å²) in [6.45, 7) is 4.97. The summed E-state index contributed by atoms with van der Waals surface area (Å²) in [6, 6.07) is 8.33. The fourth-order valence-corrected chi connectivity index (χ4v) is 3.12. The van der Waals surface area contributed by atoms with Crippen LogP contribution < -0.4 is 16.0 Å². The Morgan fingerprint density at radius 2 is 1.95 bits per heavy atom. The summed E-state index contributed by atoms with van der Waals surface area (Å²) in [5.41, 5.74) is 7.78. The molecule has 6 nitrogen and oxygen atoms in total. The molecule has 1 aliphatic heterocycles. The van der Waals surface area contributed by atoms with E-state index in [9.17, 15) is 0 Å². The molecule has 1 aromatic carbocycles. The van der Waals surface area contributed by atoms with Gasteiger partial charge in [0.1, 0.15) is 5.82 Å². The Morgan fingerprint density at radius 1 is 1.23 bits per heavy atom. The molecule has 0 atom stereocenters. The van der Waals surface area contributed by atoms with Crippen molar-refractivity contribution in [2.45, 2.75) is 0 Å². The number of benzene rings is 1. The molecule has 22 heavy (non-hydrogen) atoms. The standard InChI is InChI=1S/C15H20N5OS/c16-14-11-22-15(18-14)17-12-1-3-13(4-2-12)20-7-5-19(6-8-20)9-10-21/h1-4,21H,5-10,16H2,(H,17,18). The van der Waals surface area contributed by atoms with E-state index in [1.807, 2.05) is 12.1 Å². The Hall–Kier alpha value is -1.83. The van der Waals surface area contributed by atoms with Crippen molar-refractivity contribution in [1.82, 2.24) is 9.88 Å². The lowest BCUT2D eigenvalue weighted by Crippen LogP contribution is -2.47. The summed E-state index contributed by atoms with van der Waals surface area (Å²) in [5.74, 6) is 0.421. The predicted octanol–water partition coefficient (Wildman–Crippen LogP) is 1.38. The number of aliphatic hydroxyl groups excluding tert-OH is 1. The van der Waals surface area contributed by atoms with E-state index in [1.54, 1.807) is 0 Å². The molecule has 2 aromatic rings. The summed E-state index contributed by atoms with van der Waals surface area (Å²) < 4.78 is 0. The first-order valence-corrected chi connectivity index (χ1v) is 8.15. The van der Waals surface area contributed by atoms with Crippen molar-refractivity contribution >= 4 is 33.7 Å². The number of hydrogen-bond acceptors (Lipinski definition) is 7. The van der Waals surface area contributed by atoms with Gasteiger partial charge in [-0.15, -0.1) is 0 Å². The molecule has 1 saturated heterocycles. The lowest BCUT2D eigenvalue weighted by molar-refractivity contribution is 0.189. The minimum Gasteiger partial charge on any atom is -0.395 e. The molecule has 4 N–H and O–H groups in total. The quantitative estimate of drug-likeness (QED) is 0.773. The van der Waals surface area contributed by atoms with Gasteiger partial charge in [-0.25, -0.2) is 4.98 Å². The molecule has 0 aliphatic carbocycles. The zero-order chi connectivity index (χ0) is 15.4. The number of piperazine rings is 1. The highest BCUT2D eigenvalue weighted by Gasteiger charge is 2.16. The van der Waals surface area contributed by atoms with E-state index < -0.39 is 0 Å². The van der Waals surface area contributed by atoms with Crippen molar-refractivity contribution in [1.29, 1.82) is 0 Å². The molecular weight excluding hydrogens is 298 g/mol. The normalized spacial score (nSPS) is 16.0. The molecule has 0 unspecified atom stereocenters. The second-order valence-electron chi connectivity index (χ2n) is 5.23. The number of β-amino-alcohol motifs (C(OH)–C–C–N with tert-alkyl or cyclic N) is 1. The van der Waals surface area contributed by atoms with Crippen LogP contribution in [0.15, 0.2) is 24.3 Å². The Kier molecular flexibility index (Phi) is 4.77. The highest BCUT2D eigenvalue weighted by molar-refractivity contribution is 7.13. The number of rotatable bonds is 5. The van der Waals surface area contributed by atoms with Crippen molar-refractivity contribution in [3.05, 3.63) is 29.6 Å². The maximum absolute atomic E-state index is 8.98. The van der Waals surface area contributed by atoms with Gasteiger partial charge in [0.15, 0.2) is 5.13 Å². The molecule has 117 valence electrons. The van der Waals surface area contributed by atoms with Gasteiger partial charge >= 0.3 is 0 Å². The first-order valence-electron chi connectivity index (χ1n) is 7.34. The number of hydrogen-bond donors (Lipinski definition) is 3. The molecule has 1 aromatic heterocycles. The predicted molar refractivity (Wildman–Crippen MR) is 90.8 cm³/mol. The SMILES string of the molecule is Nc1[c]sc(Nc2ccc(N3CCN(CCO)CC3)cc2)n1. The number of nitrogens with one attached hydrogen (secondary N) is 1. The first kappa shape index (κ1) is 15.1. The molecule has 0 amide bonds. The second kappa shape index (κ2) is 6.95. The summed E-state index contributed by atoms with van der Waals surface area (Å²) in [4.78, 5) is 8.79. The Morgan fingerprint density at radius 3 is 2.55 bits per heavy atom. The van der Waals surface area contributed by atoms with Crippen molar-refractivity contribution in [2.24, 2.45) is 0 Å². The summed E-state index contributed by atoms with van der Waals surface area (Å²) in [6.07, 6.45) is 0. The molecule has 0 spiro atoms. The van der Waals surface area contributed by atoms with Gasteiger partial charge in [-0.3, -0.25) is 4.90 Å². The first-order chi connectivity index (χ1) is 10.7. The van der Waals surface area contributed by atoms with Gasteiger partial charge in [0.25, 0.3) is 0 Å². The summed E-state index contributed by atoms with van der Waals surface area (Å²) in [7, 11) is 0. The fourth-order valence-electron chi connectivity index (χ4n) is 2.56. The monoisotopic (exact) mass is 318 g/mol. The van der Waals surface area contributed by atoms with E-state index >= 15 is 0 Å². The third kappa shape index (κ3) is 3.68. The van der Waals surface area contributed by atoms with Crippen molar-refractivity contribution in [3.63, 3.8) is 0 Å². The molecule has 1 fully saturated rings. The largest absolute Gasteiger partial charge is 0.395 e. The van der Waals surface area contributed by atoms with Crippen LogP contribution >= 0.6 is 11.3 Å². The fraction of sp³-hybridized carbons (Fsp3) is 0.400. The zero-order valence-corrected chi connectivity index (χ0v) is 13.1. The molecule has 7 heteroatoms. The molecule has 2 heterocycles. The van der Waals surface area contributed by atoms with Crippen molar-refractivity contribution in [3.8, 4) is 0 Å². The van der Waals surface area contributed by atoms with Gasteiger partial charge < -0.3 is 21.1 Å². The summed E-state index contributed by atoms with van der Waals surface area (Å²) >= 11 is 1.37. The second-order valence-corrected chi connectivity index (χ2v) is 6.03. The van der Waals surface area contributed by atoms with Crippen LogP contribution in [-0.2, 0) is 0 Å². The maximum Gasteiger partial charge on any atom is 0.189 e. The van der Waals surface area contributed by atoms with E-state index in [0.717, 1.165) is 43.5 Å². The van der Waals surface area contributed by atoms with Crippen LogP contribution in [0.3, 0.4) is 0 Å². The topological polar surface area (TPSA) is 77.7 Å². The number of aromatic nitrogens is 1. The molecule has 3 rings (SSSR count). The molecule has 1 radical (unpaired) electrons. The Balaban J connectivity index is 1.57. The van der Waals surface area contributed by atoms with E-state index in [1.165, 1.54) is 17.0 Å². The average molecular weight is 318 g/mol. The van der Waals surface area contributed by atoms with Gasteiger partial charge in [0.05, 0.1) is 12.0 Å². The number of aliphatic hydroxyl groups is 1. The van der Waals surface area contributed by atoms with Crippen LogP contribution in [0.25, 0.3) is 0 Å². The van der Waals surface area contributed by atoms with Crippen LogP contribution in [0, 0.1) is 5.38 Å². The van der Waals surface area contributed by atoms with Crippen LogP contribution in [-0.4, -0.2) is 54.3 Å². The van der Waals surface area contributed by atoms with E-state index in [4.69, 9.17) is 10.8 Å². The highest BCUT2D eigenvalue weighted by Crippen LogP contribution is 2.24. The maximum atomic E-state index is 8.98. The molecule has 1 aliphatic rings. The van der Waals surface area contributed by atoms with Crippen LogP contribution in [0.1, 0.15) is 0 Å². The van der Waals surface area contributed by atoms with Crippen molar-refractivity contribution < 1.29 is 5.11 Å². The van der Waals surface area contributed by atoms with Crippen LogP contribution in [0.5, 0.6) is 0 Å². The van der Waals surface area contributed by atoms with E-state index in [-0.39, 0.29) is 6.61 Å². The number of anilines is 4. The van der Waals surface area contributed by atoms with Gasteiger partial charge in [-0.2, -0.15) is 0 Å². The molecular formula is C15H20N5OS. The third-order valence-corrected chi connectivity index (χ3v) is 4.44. The minimum absolute atomic E-state index is 0.235. The lowest BCUT2D eigenvalue weighted by Gasteiger charge is -2.35. The average Bonchev–Trinajstić information content (AvgIpc) is 2.94. The van der Waals surface area contributed by atoms with Gasteiger partial charge in [-0.05, 0) is 24.3 Å². The number of thiazole rings is 1. The Bertz CT molecular complexity index is 592. The van der Waals surface area contributed by atoms with E-state index in [2.05, 4.69) is 37.6 Å². The van der Waals surface area contributed by atoms with Gasteiger partial charge in [0, 0.05) is 44.1 Å². The number of nitrogens with zero attached hydrogens (tertiary/aromatic N) is 3. The van der Waals surface area contributed by atoms with Gasteiger partial charge in [-0.1, -0.05) is 11.3 Å². The molecule has 0 saturated carbocycles.